The lowest BCUT2D eigenvalue weighted by atomic mass is 10.3. The molecule has 0 amide bonds. The minimum atomic E-state index is -2.35. The second kappa shape index (κ2) is 2.89. The zero-order chi connectivity index (χ0) is 8.43. The third-order valence-electron chi connectivity index (χ3n) is 1.15. The van der Waals surface area contributed by atoms with Crippen molar-refractivity contribution in [2.45, 2.75) is 4.90 Å². The summed E-state index contributed by atoms with van der Waals surface area (Å²) in [7, 11) is 0. The number of hydrogen-bond donors (Lipinski definition) is 3. The highest BCUT2D eigenvalue weighted by Gasteiger charge is 2.11. The molecular formula is C6H6O4S. The number of hydrogen-bond acceptors (Lipinski definition) is 3. The molecule has 0 saturated carbocycles. The van der Waals surface area contributed by atoms with E-state index in [-0.39, 0.29) is 16.4 Å². The van der Waals surface area contributed by atoms with E-state index in [1.54, 1.807) is 0 Å². The van der Waals surface area contributed by atoms with Crippen molar-refractivity contribution in [2.75, 3.05) is 0 Å². The first kappa shape index (κ1) is 8.03. The molecule has 1 aromatic rings. The van der Waals surface area contributed by atoms with Crippen LogP contribution in [-0.4, -0.2) is 19.0 Å². The van der Waals surface area contributed by atoms with E-state index in [0.29, 0.717) is 0 Å². The molecule has 1 rings (SSSR count). The van der Waals surface area contributed by atoms with Gasteiger partial charge in [0, 0.05) is 0 Å². The molecule has 0 aromatic heterocycles. The third kappa shape index (κ3) is 1.50. The average Bonchev–Trinajstić information content (AvgIpc) is 1.85. The highest BCUT2D eigenvalue weighted by atomic mass is 32.2. The monoisotopic (exact) mass is 174 g/mol. The van der Waals surface area contributed by atoms with E-state index in [1.807, 2.05) is 0 Å². The van der Waals surface area contributed by atoms with Gasteiger partial charge in [-0.2, -0.15) is 0 Å². The van der Waals surface area contributed by atoms with Gasteiger partial charge in [0.25, 0.3) is 0 Å². The number of aromatic hydroxyl groups is 2. The molecule has 1 unspecified atom stereocenters. The van der Waals surface area contributed by atoms with E-state index in [2.05, 4.69) is 0 Å². The van der Waals surface area contributed by atoms with E-state index in [0.717, 1.165) is 0 Å². The average molecular weight is 174 g/mol. The first-order valence-corrected chi connectivity index (χ1v) is 3.85. The normalized spacial score (nSPS) is 12.8. The Kier molecular flexibility index (Phi) is 2.11. The summed E-state index contributed by atoms with van der Waals surface area (Å²) in [5.41, 5.74) is 0. The van der Waals surface area contributed by atoms with Crippen molar-refractivity contribution in [3.63, 3.8) is 0 Å². The van der Waals surface area contributed by atoms with Gasteiger partial charge in [-0.15, -0.1) is 0 Å². The molecule has 0 spiro atoms. The lowest BCUT2D eigenvalue weighted by molar-refractivity contribution is 0.421. The van der Waals surface area contributed by atoms with Crippen molar-refractivity contribution in [1.82, 2.24) is 0 Å². The van der Waals surface area contributed by atoms with Gasteiger partial charge in [0.15, 0.2) is 11.1 Å². The van der Waals surface area contributed by atoms with Crippen LogP contribution in [0.3, 0.4) is 0 Å². The predicted molar refractivity (Wildman–Crippen MR) is 38.8 cm³/mol. The molecule has 5 heteroatoms. The number of phenolic OH excluding ortho intramolecular Hbond substituents is 2. The Morgan fingerprint density at radius 2 is 1.64 bits per heavy atom. The molecule has 0 heterocycles. The van der Waals surface area contributed by atoms with Crippen LogP contribution in [0.25, 0.3) is 0 Å². The first-order valence-electron chi connectivity index (χ1n) is 2.74. The van der Waals surface area contributed by atoms with Crippen molar-refractivity contribution in [1.29, 1.82) is 0 Å². The first-order chi connectivity index (χ1) is 5.13. The fraction of sp³-hybridized carbons (Fsp3) is 0. The SMILES string of the molecule is O=S(O)c1c(O)cccc1O. The van der Waals surface area contributed by atoms with Crippen LogP contribution in [0.4, 0.5) is 0 Å². The number of rotatable bonds is 1. The van der Waals surface area contributed by atoms with Crippen molar-refractivity contribution in [3.05, 3.63) is 18.2 Å². The second-order valence-corrected chi connectivity index (χ2v) is 2.78. The Bertz CT molecular complexity index is 276. The molecule has 0 aliphatic carbocycles. The molecule has 0 bridgehead atoms. The summed E-state index contributed by atoms with van der Waals surface area (Å²) in [6.07, 6.45) is 0. The highest BCUT2D eigenvalue weighted by molar-refractivity contribution is 7.79. The van der Waals surface area contributed by atoms with Gasteiger partial charge in [-0.1, -0.05) is 6.07 Å². The molecule has 4 nitrogen and oxygen atoms in total. The van der Waals surface area contributed by atoms with E-state index in [9.17, 15) is 4.21 Å². The maximum absolute atomic E-state index is 10.4. The highest BCUT2D eigenvalue weighted by Crippen LogP contribution is 2.28. The maximum Gasteiger partial charge on any atom is 0.194 e. The fourth-order valence-electron chi connectivity index (χ4n) is 0.692. The summed E-state index contributed by atoms with van der Waals surface area (Å²) in [4.78, 5) is -0.354. The summed E-state index contributed by atoms with van der Waals surface area (Å²) in [5, 5.41) is 17.9. The van der Waals surface area contributed by atoms with E-state index in [1.165, 1.54) is 18.2 Å². The van der Waals surface area contributed by atoms with E-state index < -0.39 is 11.1 Å². The molecule has 1 aromatic carbocycles. The van der Waals surface area contributed by atoms with Crippen LogP contribution in [0.15, 0.2) is 23.1 Å². The van der Waals surface area contributed by atoms with Crippen LogP contribution >= 0.6 is 0 Å². The Hall–Kier alpha value is -1.07. The zero-order valence-corrected chi connectivity index (χ0v) is 6.21. The fourth-order valence-corrected chi connectivity index (χ4v) is 1.19. The van der Waals surface area contributed by atoms with Gasteiger partial charge < -0.3 is 14.8 Å². The summed E-state index contributed by atoms with van der Waals surface area (Å²) in [6.45, 7) is 0. The maximum atomic E-state index is 10.4. The smallest absolute Gasteiger partial charge is 0.194 e. The lowest BCUT2D eigenvalue weighted by Crippen LogP contribution is -1.88. The minimum absolute atomic E-state index is 0.354. The summed E-state index contributed by atoms with van der Waals surface area (Å²) in [6, 6.07) is 3.83. The molecule has 0 radical (unpaired) electrons. The molecule has 3 N–H and O–H groups in total. The quantitative estimate of drug-likeness (QED) is 0.547. The molecule has 1 atom stereocenters. The van der Waals surface area contributed by atoms with Gasteiger partial charge in [0.1, 0.15) is 16.4 Å². The third-order valence-corrected chi connectivity index (χ3v) is 1.92. The zero-order valence-electron chi connectivity index (χ0n) is 5.39. The number of phenols is 2. The van der Waals surface area contributed by atoms with Crippen LogP contribution in [0.2, 0.25) is 0 Å². The Labute approximate surface area is 65.4 Å². The predicted octanol–water partition coefficient (Wildman–Crippen LogP) is 0.678. The summed E-state index contributed by atoms with van der Waals surface area (Å²) >= 11 is -2.35. The molecule has 0 saturated heterocycles. The summed E-state index contributed by atoms with van der Waals surface area (Å²) in [5.74, 6) is -0.767. The van der Waals surface area contributed by atoms with Gasteiger partial charge in [-0.05, 0) is 12.1 Å². The largest absolute Gasteiger partial charge is 0.506 e. The van der Waals surface area contributed by atoms with Gasteiger partial charge in [-0.3, -0.25) is 0 Å². The number of benzene rings is 1. The standard InChI is InChI=1S/C6H6O4S/c7-4-2-1-3-5(8)6(4)11(9)10/h1-3,7-8H,(H,9,10). The Balaban J connectivity index is 3.32. The van der Waals surface area contributed by atoms with E-state index in [4.69, 9.17) is 14.8 Å². The van der Waals surface area contributed by atoms with E-state index >= 15 is 0 Å². The minimum Gasteiger partial charge on any atom is -0.506 e. The molecule has 0 aliphatic rings. The van der Waals surface area contributed by atoms with Gasteiger partial charge in [0.05, 0.1) is 0 Å². The second-order valence-electron chi connectivity index (χ2n) is 1.87. The van der Waals surface area contributed by atoms with Crippen molar-refractivity contribution >= 4 is 11.1 Å². The van der Waals surface area contributed by atoms with Gasteiger partial charge in [-0.25, -0.2) is 4.21 Å². The summed E-state index contributed by atoms with van der Waals surface area (Å²) < 4.78 is 19.0. The Morgan fingerprint density at radius 1 is 1.18 bits per heavy atom. The van der Waals surface area contributed by atoms with Gasteiger partial charge >= 0.3 is 0 Å². The van der Waals surface area contributed by atoms with Gasteiger partial charge in [0.2, 0.25) is 0 Å². The topological polar surface area (TPSA) is 77.8 Å². The molecular weight excluding hydrogens is 168 g/mol. The lowest BCUT2D eigenvalue weighted by Gasteiger charge is -2.00. The van der Waals surface area contributed by atoms with Crippen LogP contribution in [0.1, 0.15) is 0 Å². The van der Waals surface area contributed by atoms with Crippen LogP contribution in [0.5, 0.6) is 11.5 Å². The van der Waals surface area contributed by atoms with Crippen LogP contribution in [0, 0.1) is 0 Å². The molecule has 0 aliphatic heterocycles. The van der Waals surface area contributed by atoms with Crippen molar-refractivity contribution in [2.24, 2.45) is 0 Å². The van der Waals surface area contributed by atoms with Crippen molar-refractivity contribution < 1.29 is 19.0 Å². The van der Waals surface area contributed by atoms with Crippen LogP contribution < -0.4 is 0 Å². The molecule has 11 heavy (non-hydrogen) atoms. The van der Waals surface area contributed by atoms with Crippen molar-refractivity contribution in [3.8, 4) is 11.5 Å². The Morgan fingerprint density at radius 3 is 1.91 bits per heavy atom. The van der Waals surface area contributed by atoms with Crippen LogP contribution in [-0.2, 0) is 11.1 Å². The molecule has 60 valence electrons. The molecule has 0 fully saturated rings.